The number of carbonyl (C=O) groups excluding carboxylic acids is 4. The number of carbonyl (C=O) groups is 4. The number of nitrogens with one attached hydrogen (secondary N) is 2. The number of hydrogen-bond donors (Lipinski definition) is 2. The maximum absolute atomic E-state index is 15.3. The summed E-state index contributed by atoms with van der Waals surface area (Å²) in [7, 11) is 1.31. The van der Waals surface area contributed by atoms with E-state index in [2.05, 4.69) is 52.2 Å². The zero-order chi connectivity index (χ0) is 50.3. The average Bonchev–Trinajstić information content (AvgIpc) is 4.07. The van der Waals surface area contributed by atoms with E-state index in [0.717, 1.165) is 34.2 Å². The highest BCUT2D eigenvalue weighted by atomic mass is 32.2. The Morgan fingerprint density at radius 2 is 1.39 bits per heavy atom. The number of thioether (sulfide) groups is 3. The van der Waals surface area contributed by atoms with Crippen LogP contribution >= 0.6 is 46.6 Å². The lowest BCUT2D eigenvalue weighted by Crippen LogP contribution is -2.60. The normalized spacial score (nSPS) is 16.8. The van der Waals surface area contributed by atoms with Gasteiger partial charge in [0, 0.05) is 5.38 Å². The van der Waals surface area contributed by atoms with E-state index in [4.69, 9.17) is 29.6 Å². The van der Waals surface area contributed by atoms with Gasteiger partial charge in [0.15, 0.2) is 16.1 Å². The van der Waals surface area contributed by atoms with E-state index in [-0.39, 0.29) is 38.8 Å². The molecule has 2 aromatic heterocycles. The van der Waals surface area contributed by atoms with E-state index in [0.29, 0.717) is 16.2 Å². The number of anilines is 1. The number of amides is 3. The first-order valence-electron chi connectivity index (χ1n) is 22.6. The molecule has 0 bridgehead atoms. The second-order valence-electron chi connectivity index (χ2n) is 17.3. The van der Waals surface area contributed by atoms with Crippen molar-refractivity contribution in [1.29, 1.82) is 0 Å². The second kappa shape index (κ2) is 21.7. The van der Waals surface area contributed by atoms with Gasteiger partial charge in [-0.3, -0.25) is 19.8 Å². The lowest BCUT2D eigenvalue weighted by molar-refractivity contribution is -0.152. The summed E-state index contributed by atoms with van der Waals surface area (Å²) >= 11 is 4.87. The number of nitrogens with zero attached hydrogens (tertiary/aromatic N) is 6. The Bertz CT molecular complexity index is 2960. The molecule has 2 aliphatic rings. The minimum Gasteiger partial charge on any atom is -0.448 e. The topological polar surface area (TPSA) is 179 Å². The number of benzene rings is 5. The van der Waals surface area contributed by atoms with Gasteiger partial charge in [0.25, 0.3) is 5.91 Å². The van der Waals surface area contributed by atoms with Crippen LogP contribution in [0.25, 0.3) is 0 Å². The smallest absolute Gasteiger partial charge is 0.413 e. The van der Waals surface area contributed by atoms with Crippen LogP contribution in [-0.2, 0) is 39.1 Å². The number of esters is 1. The van der Waals surface area contributed by atoms with E-state index in [1.807, 2.05) is 126 Å². The van der Waals surface area contributed by atoms with E-state index in [9.17, 15) is 14.4 Å². The van der Waals surface area contributed by atoms with Gasteiger partial charge in [0.1, 0.15) is 35.2 Å². The maximum Gasteiger partial charge on any atom is 0.413 e. The third-order valence-electron chi connectivity index (χ3n) is 11.5. The van der Waals surface area contributed by atoms with Crippen LogP contribution in [-0.4, -0.2) is 78.1 Å². The fourth-order valence-corrected chi connectivity index (χ4v) is 13.3. The van der Waals surface area contributed by atoms with Crippen LogP contribution in [0.4, 0.5) is 9.93 Å². The van der Waals surface area contributed by atoms with Gasteiger partial charge in [-0.2, -0.15) is 0 Å². The number of fused-ring (bicyclic) bond motifs is 1. The summed E-state index contributed by atoms with van der Waals surface area (Å²) in [5.41, 5.74) is 2.75. The molecule has 1 fully saturated rings. The molecule has 72 heavy (non-hydrogen) atoms. The summed E-state index contributed by atoms with van der Waals surface area (Å²) in [6.45, 7) is 5.24. The fraction of sp³-hybridized carbons (Fsp3) is 0.208. The molecule has 2 N–H and O–H groups in total. The van der Waals surface area contributed by atoms with Crippen molar-refractivity contribution in [2.45, 2.75) is 59.7 Å². The highest BCUT2D eigenvalue weighted by Gasteiger charge is 2.58. The van der Waals surface area contributed by atoms with Gasteiger partial charge in [-0.25, -0.2) is 19.3 Å². The number of aromatic nitrogens is 4. The summed E-state index contributed by atoms with van der Waals surface area (Å²) in [5.74, 6) is -1.81. The first-order chi connectivity index (χ1) is 34.9. The molecule has 2 aliphatic heterocycles. The molecule has 1 saturated heterocycles. The van der Waals surface area contributed by atoms with Crippen LogP contribution in [0.5, 0.6) is 0 Å². The number of ether oxygens (including phenoxy) is 2. The van der Waals surface area contributed by atoms with Gasteiger partial charge in [0.05, 0.1) is 33.7 Å². The van der Waals surface area contributed by atoms with Gasteiger partial charge in [0.2, 0.25) is 5.91 Å². The molecule has 5 aromatic carbocycles. The number of rotatable bonds is 17. The highest BCUT2D eigenvalue weighted by molar-refractivity contribution is 8.18. The van der Waals surface area contributed by atoms with Crippen LogP contribution in [0.3, 0.4) is 0 Å². The van der Waals surface area contributed by atoms with E-state index >= 15 is 4.79 Å². The van der Waals surface area contributed by atoms with Gasteiger partial charge in [-0.15, -0.1) is 28.2 Å². The van der Waals surface area contributed by atoms with Gasteiger partial charge in [-0.1, -0.05) is 186 Å². The largest absolute Gasteiger partial charge is 0.448 e. The quantitative estimate of drug-likeness (QED) is 0.0168. The number of β-lactam (4-membered cyclic amide) rings is 1. The molecule has 0 saturated carbocycles. The van der Waals surface area contributed by atoms with Gasteiger partial charge < -0.3 is 19.6 Å². The molecule has 15 nitrogen and oxygen atoms in total. The van der Waals surface area contributed by atoms with E-state index < -0.39 is 45.5 Å². The standard InChI is InChI=1S/C53H48N8O7S4/c1-51(2,3)68-50(65)56-49-55-40(33-69-49)53(57-41(62)31-54-66-4)47(45(61-43(63)30-44(61)72-53)48(64)67-46(35-20-10-5-11-21-35)36-22-12-6-13-23-36)71-34-70-42-32-60(59-58-42)52(37-24-14-7-15-25-37,38-26-16-8-17-27-38)39-28-18-9-19-29-39/h5-29,31-33,44,46H,30,34H2,1-4H3,(H,57,62)(H,55,56,65)/b54-31-/t44-,53?/m0/s1. The average molecular weight is 1040 g/mol. The molecule has 4 heterocycles. The van der Waals surface area contributed by atoms with Crippen molar-refractivity contribution >= 4 is 81.8 Å². The van der Waals surface area contributed by atoms with Crippen molar-refractivity contribution in [2.75, 3.05) is 17.5 Å². The van der Waals surface area contributed by atoms with Crippen LogP contribution in [0.15, 0.2) is 184 Å². The monoisotopic (exact) mass is 1040 g/mol. The third-order valence-corrected chi connectivity index (χ3v) is 16.1. The summed E-state index contributed by atoms with van der Waals surface area (Å²) in [4.78, 5) is 66.1. The molecule has 0 spiro atoms. The minimum absolute atomic E-state index is 0.0426. The Hall–Kier alpha value is -7.19. The van der Waals surface area contributed by atoms with Crippen molar-refractivity contribution in [3.8, 4) is 0 Å². The molecule has 0 radical (unpaired) electrons. The van der Waals surface area contributed by atoms with Crippen molar-refractivity contribution in [1.82, 2.24) is 30.2 Å². The molecular weight excluding hydrogens is 989 g/mol. The van der Waals surface area contributed by atoms with E-state index in [1.54, 1.807) is 26.2 Å². The number of thiazole rings is 1. The summed E-state index contributed by atoms with van der Waals surface area (Å²) < 4.78 is 13.9. The fourth-order valence-electron chi connectivity index (χ4n) is 8.47. The third kappa shape index (κ3) is 10.4. The summed E-state index contributed by atoms with van der Waals surface area (Å²) in [6.07, 6.45) is 1.29. The van der Waals surface area contributed by atoms with Crippen molar-refractivity contribution in [2.24, 2.45) is 5.16 Å². The Morgan fingerprint density at radius 3 is 1.92 bits per heavy atom. The zero-order valence-corrected chi connectivity index (χ0v) is 42.7. The van der Waals surface area contributed by atoms with Crippen LogP contribution < -0.4 is 10.6 Å². The van der Waals surface area contributed by atoms with Crippen LogP contribution in [0, 0.1) is 0 Å². The van der Waals surface area contributed by atoms with Crippen LogP contribution in [0.1, 0.15) is 66.8 Å². The summed E-state index contributed by atoms with van der Waals surface area (Å²) in [6, 6.07) is 49.0. The number of oxime groups is 1. The van der Waals surface area contributed by atoms with Crippen molar-refractivity contribution < 1.29 is 33.5 Å². The molecular formula is C53H48N8O7S4. The highest BCUT2D eigenvalue weighted by Crippen LogP contribution is 2.58. The Balaban J connectivity index is 1.16. The van der Waals surface area contributed by atoms with Crippen molar-refractivity contribution in [3.63, 3.8) is 0 Å². The first kappa shape index (κ1) is 49.8. The maximum atomic E-state index is 15.3. The first-order valence-corrected chi connectivity index (χ1v) is 26.4. The SMILES string of the molecule is CO/N=C\C(=O)NC1(c2csc(NC(=O)OC(C)(C)C)n2)S[C@H]2CC(=O)N2C(C(=O)OC(c2ccccc2)c2ccccc2)=C1SCSc1cn(C(c2ccccc2)(c2ccccc2)c2ccccc2)nn1. The second-order valence-corrected chi connectivity index (χ2v) is 21.9. The molecule has 3 amide bonds. The molecule has 2 atom stereocenters. The zero-order valence-electron chi connectivity index (χ0n) is 39.4. The van der Waals surface area contributed by atoms with Crippen LogP contribution in [0.2, 0.25) is 0 Å². The molecule has 1 unspecified atom stereocenters. The van der Waals surface area contributed by atoms with Gasteiger partial charge in [-0.05, 0) is 48.6 Å². The molecule has 7 aromatic rings. The van der Waals surface area contributed by atoms with Gasteiger partial charge >= 0.3 is 12.1 Å². The lowest BCUT2D eigenvalue weighted by Gasteiger charge is -2.51. The van der Waals surface area contributed by atoms with E-state index in [1.165, 1.54) is 47.3 Å². The predicted octanol–water partition coefficient (Wildman–Crippen LogP) is 10.2. The minimum atomic E-state index is -1.67. The van der Waals surface area contributed by atoms with Crippen molar-refractivity contribution in [3.05, 3.63) is 207 Å². The molecule has 9 rings (SSSR count). The molecule has 366 valence electrons. The predicted molar refractivity (Wildman–Crippen MR) is 281 cm³/mol. The Kier molecular flexibility index (Phi) is 15.0. The molecule has 19 heteroatoms. The lowest BCUT2D eigenvalue weighted by atomic mass is 9.77. The number of hydrogen-bond acceptors (Lipinski definition) is 15. The molecule has 0 aliphatic carbocycles. The Morgan fingerprint density at radius 1 is 0.833 bits per heavy atom. The summed E-state index contributed by atoms with van der Waals surface area (Å²) in [5, 5.41) is 21.0. The Labute approximate surface area is 432 Å².